The van der Waals surface area contributed by atoms with Gasteiger partial charge >= 0.3 is 0 Å². The number of nitrogens with one attached hydrogen (secondary N) is 1. The second-order valence-electron chi connectivity index (χ2n) is 7.40. The monoisotopic (exact) mass is 488 g/mol. The number of aryl methyl sites for hydroxylation is 1. The van der Waals surface area contributed by atoms with E-state index in [1.54, 1.807) is 37.3 Å². The molecule has 4 aromatic heterocycles. The number of fused-ring (bicyclic) bond motifs is 1. The van der Waals surface area contributed by atoms with Crippen molar-refractivity contribution in [2.24, 2.45) is 0 Å². The Morgan fingerprint density at radius 1 is 1.24 bits per heavy atom. The van der Waals surface area contributed by atoms with Gasteiger partial charge in [0, 0.05) is 18.0 Å². The van der Waals surface area contributed by atoms with Crippen molar-refractivity contribution < 1.29 is 26.9 Å². The third kappa shape index (κ3) is 4.17. The summed E-state index contributed by atoms with van der Waals surface area (Å²) in [6.45, 7) is 3.35. The zero-order valence-corrected chi connectivity index (χ0v) is 19.2. The molecule has 33 heavy (non-hydrogen) atoms. The molecule has 12 heteroatoms. The summed E-state index contributed by atoms with van der Waals surface area (Å²) in [5, 5.41) is 7.30. The largest absolute Gasteiger partial charge is 0.463 e. The Morgan fingerprint density at radius 2 is 2.06 bits per heavy atom. The first-order valence-corrected chi connectivity index (χ1v) is 12.4. The van der Waals surface area contributed by atoms with Crippen molar-refractivity contribution in [2.45, 2.75) is 17.7 Å². The van der Waals surface area contributed by atoms with Crippen LogP contribution in [0.5, 0.6) is 0 Å². The number of carbonyl (C=O) groups is 1. The summed E-state index contributed by atoms with van der Waals surface area (Å²) >= 11 is 1.14. The number of morpholine rings is 1. The molecule has 172 valence electrons. The van der Waals surface area contributed by atoms with Gasteiger partial charge in [-0.05, 0) is 37.3 Å². The van der Waals surface area contributed by atoms with Crippen LogP contribution in [0.15, 0.2) is 49.7 Å². The molecular formula is C21H20N4O6S2. The van der Waals surface area contributed by atoms with Crippen LogP contribution in [0.1, 0.15) is 20.9 Å². The summed E-state index contributed by atoms with van der Waals surface area (Å²) in [6.07, 6.45) is 1.52. The fraction of sp³-hybridized carbons (Fsp3) is 0.286. The average Bonchev–Trinajstić information content (AvgIpc) is 3.59. The predicted octanol–water partition coefficient (Wildman–Crippen LogP) is 2.80. The number of ether oxygens (including phenoxy) is 1. The number of hydrogen-bond acceptors (Lipinski definition) is 9. The number of sulfonamides is 1. The SMILES string of the molecule is Cc1noc2nc(-c3ccco3)cc(C(=O)NCc3ccc(S(=O)(=O)N4CCOCC4)s3)c12. The van der Waals surface area contributed by atoms with Gasteiger partial charge in [0.25, 0.3) is 21.6 Å². The highest BCUT2D eigenvalue weighted by atomic mass is 32.2. The molecule has 10 nitrogen and oxygen atoms in total. The third-order valence-electron chi connectivity index (χ3n) is 5.26. The number of carbonyl (C=O) groups excluding carboxylic acids is 1. The maximum absolute atomic E-state index is 13.1. The van der Waals surface area contributed by atoms with Crippen LogP contribution in [-0.4, -0.2) is 55.1 Å². The minimum Gasteiger partial charge on any atom is -0.463 e. The van der Waals surface area contributed by atoms with Gasteiger partial charge in [-0.25, -0.2) is 13.4 Å². The van der Waals surface area contributed by atoms with E-state index >= 15 is 0 Å². The topological polar surface area (TPSA) is 128 Å². The smallest absolute Gasteiger partial charge is 0.259 e. The maximum Gasteiger partial charge on any atom is 0.259 e. The molecule has 0 spiro atoms. The highest BCUT2D eigenvalue weighted by Gasteiger charge is 2.28. The fourth-order valence-electron chi connectivity index (χ4n) is 3.59. The molecule has 1 aliphatic rings. The van der Waals surface area contributed by atoms with Gasteiger partial charge in [0.05, 0.1) is 42.7 Å². The van der Waals surface area contributed by atoms with Gasteiger partial charge in [0.1, 0.15) is 9.90 Å². The Bertz CT molecular complexity index is 1400. The minimum atomic E-state index is -3.57. The molecule has 4 aromatic rings. The molecule has 0 bridgehead atoms. The first-order chi connectivity index (χ1) is 15.9. The van der Waals surface area contributed by atoms with E-state index in [-0.39, 0.29) is 22.4 Å². The van der Waals surface area contributed by atoms with Crippen LogP contribution in [0.4, 0.5) is 0 Å². The van der Waals surface area contributed by atoms with Gasteiger partial charge in [0.15, 0.2) is 5.76 Å². The summed E-state index contributed by atoms with van der Waals surface area (Å²) < 4.78 is 43.2. The van der Waals surface area contributed by atoms with Crippen LogP contribution in [0.3, 0.4) is 0 Å². The van der Waals surface area contributed by atoms with Crippen LogP contribution in [-0.2, 0) is 21.3 Å². The Balaban J connectivity index is 1.36. The van der Waals surface area contributed by atoms with E-state index < -0.39 is 10.0 Å². The van der Waals surface area contributed by atoms with Crippen molar-refractivity contribution >= 4 is 38.4 Å². The van der Waals surface area contributed by atoms with Crippen molar-refractivity contribution in [2.75, 3.05) is 26.3 Å². The lowest BCUT2D eigenvalue weighted by Crippen LogP contribution is -2.40. The lowest BCUT2D eigenvalue weighted by molar-refractivity contribution is 0.0731. The molecule has 0 atom stereocenters. The molecule has 0 radical (unpaired) electrons. The number of thiophene rings is 1. The predicted molar refractivity (Wildman–Crippen MR) is 119 cm³/mol. The van der Waals surface area contributed by atoms with Gasteiger partial charge in [-0.15, -0.1) is 11.3 Å². The second kappa shape index (κ2) is 8.71. The Hall–Kier alpha value is -3.06. The van der Waals surface area contributed by atoms with Crippen LogP contribution >= 0.6 is 11.3 Å². The lowest BCUT2D eigenvalue weighted by Gasteiger charge is -2.25. The Labute approximate surface area is 193 Å². The van der Waals surface area contributed by atoms with E-state index in [2.05, 4.69) is 15.5 Å². The van der Waals surface area contributed by atoms with E-state index in [9.17, 15) is 13.2 Å². The van der Waals surface area contributed by atoms with Crippen LogP contribution in [0.25, 0.3) is 22.6 Å². The molecule has 0 aromatic carbocycles. The van der Waals surface area contributed by atoms with E-state index in [0.29, 0.717) is 59.3 Å². The van der Waals surface area contributed by atoms with E-state index in [0.717, 1.165) is 11.3 Å². The molecule has 0 unspecified atom stereocenters. The number of amides is 1. The summed E-state index contributed by atoms with van der Waals surface area (Å²) in [5.41, 5.74) is 1.58. The van der Waals surface area contributed by atoms with Crippen LogP contribution in [0, 0.1) is 6.92 Å². The Morgan fingerprint density at radius 3 is 2.82 bits per heavy atom. The molecule has 1 amide bonds. The highest BCUT2D eigenvalue weighted by molar-refractivity contribution is 7.91. The van der Waals surface area contributed by atoms with Crippen molar-refractivity contribution in [1.29, 1.82) is 0 Å². The molecule has 5 rings (SSSR count). The van der Waals surface area contributed by atoms with Crippen molar-refractivity contribution in [3.05, 3.63) is 52.7 Å². The lowest BCUT2D eigenvalue weighted by atomic mass is 10.1. The molecule has 1 fully saturated rings. The molecule has 5 heterocycles. The van der Waals surface area contributed by atoms with Gasteiger partial charge in [-0.2, -0.15) is 4.31 Å². The molecule has 1 N–H and O–H groups in total. The van der Waals surface area contributed by atoms with E-state index in [1.165, 1.54) is 10.6 Å². The standard InChI is InChI=1S/C21H20N4O6S2/c1-13-19-15(11-16(17-3-2-8-30-17)23-21(19)31-24-13)20(26)22-12-14-4-5-18(32-14)33(27,28)25-6-9-29-10-7-25/h2-5,8,11H,6-7,9-10,12H2,1H3,(H,22,26). The molecule has 1 saturated heterocycles. The highest BCUT2D eigenvalue weighted by Crippen LogP contribution is 2.28. The first-order valence-electron chi connectivity index (χ1n) is 10.2. The van der Waals surface area contributed by atoms with Gasteiger partial charge in [-0.1, -0.05) is 5.16 Å². The second-order valence-corrected chi connectivity index (χ2v) is 10.7. The first kappa shape index (κ1) is 21.8. The number of pyridine rings is 1. The molecule has 0 saturated carbocycles. The number of aromatic nitrogens is 2. The van der Waals surface area contributed by atoms with Crippen molar-refractivity contribution in [3.63, 3.8) is 0 Å². The Kier molecular flexibility index (Phi) is 5.74. The normalized spacial score (nSPS) is 15.2. The average molecular weight is 489 g/mol. The zero-order chi connectivity index (χ0) is 23.0. The fourth-order valence-corrected chi connectivity index (χ4v) is 6.45. The van der Waals surface area contributed by atoms with Gasteiger partial charge in [0.2, 0.25) is 0 Å². The van der Waals surface area contributed by atoms with Gasteiger partial charge < -0.3 is 19.0 Å². The molecule has 1 aliphatic heterocycles. The number of rotatable bonds is 6. The molecular weight excluding hydrogens is 468 g/mol. The van der Waals surface area contributed by atoms with Crippen molar-refractivity contribution in [3.8, 4) is 11.5 Å². The summed E-state index contributed by atoms with van der Waals surface area (Å²) in [7, 11) is -3.57. The van der Waals surface area contributed by atoms with Crippen LogP contribution < -0.4 is 5.32 Å². The molecule has 0 aliphatic carbocycles. The van der Waals surface area contributed by atoms with E-state index in [4.69, 9.17) is 13.7 Å². The summed E-state index contributed by atoms with van der Waals surface area (Å²) in [4.78, 5) is 18.2. The van der Waals surface area contributed by atoms with Crippen LogP contribution in [0.2, 0.25) is 0 Å². The van der Waals surface area contributed by atoms with Gasteiger partial charge in [-0.3, -0.25) is 4.79 Å². The quantitative estimate of drug-likeness (QED) is 0.439. The minimum absolute atomic E-state index is 0.173. The number of nitrogens with zero attached hydrogens (tertiary/aromatic N) is 3. The number of hydrogen-bond donors (Lipinski definition) is 1. The third-order valence-corrected chi connectivity index (χ3v) is 8.71. The number of furan rings is 1. The van der Waals surface area contributed by atoms with E-state index in [1.807, 2.05) is 0 Å². The van der Waals surface area contributed by atoms with Crippen molar-refractivity contribution in [1.82, 2.24) is 19.8 Å². The summed E-state index contributed by atoms with van der Waals surface area (Å²) in [5.74, 6) is 0.142. The zero-order valence-electron chi connectivity index (χ0n) is 17.6. The summed E-state index contributed by atoms with van der Waals surface area (Å²) in [6, 6.07) is 8.37. The maximum atomic E-state index is 13.1.